The van der Waals surface area contributed by atoms with Gasteiger partial charge in [0.15, 0.2) is 0 Å². The van der Waals surface area contributed by atoms with Gasteiger partial charge in [-0.2, -0.15) is 4.98 Å². The summed E-state index contributed by atoms with van der Waals surface area (Å²) in [6.45, 7) is 4.69. The number of aryl methyl sites for hydroxylation is 1. The minimum atomic E-state index is -0.316. The molecule has 1 aromatic heterocycles. The van der Waals surface area contributed by atoms with Crippen molar-refractivity contribution in [3.8, 4) is 0 Å². The highest BCUT2D eigenvalue weighted by Gasteiger charge is 2.39. The maximum atomic E-state index is 5.99. The highest BCUT2D eigenvalue weighted by atomic mass is 16.5. The van der Waals surface area contributed by atoms with E-state index >= 15 is 0 Å². The molecule has 0 aromatic carbocycles. The first-order valence-corrected chi connectivity index (χ1v) is 7.39. The van der Waals surface area contributed by atoms with E-state index in [2.05, 4.69) is 10.1 Å². The van der Waals surface area contributed by atoms with Crippen molar-refractivity contribution in [3.05, 3.63) is 11.7 Å². The van der Waals surface area contributed by atoms with Crippen LogP contribution in [0.1, 0.15) is 64.1 Å². The summed E-state index contributed by atoms with van der Waals surface area (Å²) >= 11 is 0. The zero-order chi connectivity index (χ0) is 13.7. The molecule has 5 nitrogen and oxygen atoms in total. The van der Waals surface area contributed by atoms with E-state index in [9.17, 15) is 0 Å². The van der Waals surface area contributed by atoms with Gasteiger partial charge in [-0.3, -0.25) is 0 Å². The van der Waals surface area contributed by atoms with Crippen molar-refractivity contribution in [2.45, 2.75) is 70.4 Å². The summed E-state index contributed by atoms with van der Waals surface area (Å²) < 4.78 is 11.3. The topological polar surface area (TPSA) is 74.2 Å². The first kappa shape index (κ1) is 14.5. The quantitative estimate of drug-likeness (QED) is 0.857. The van der Waals surface area contributed by atoms with E-state index in [0.29, 0.717) is 12.5 Å². The minimum absolute atomic E-state index is 0.158. The summed E-state index contributed by atoms with van der Waals surface area (Å²) in [5, 5.41) is 4.16. The highest BCUT2D eigenvalue weighted by molar-refractivity contribution is 5.03. The van der Waals surface area contributed by atoms with Gasteiger partial charge in [-0.15, -0.1) is 0 Å². The average Bonchev–Trinajstić information content (AvgIpc) is 2.87. The van der Waals surface area contributed by atoms with Crippen LogP contribution in [0.5, 0.6) is 0 Å². The fraction of sp³-hybridized carbons (Fsp3) is 0.857. The van der Waals surface area contributed by atoms with Gasteiger partial charge in [0.05, 0.1) is 0 Å². The second-order valence-electron chi connectivity index (χ2n) is 5.52. The molecular weight excluding hydrogens is 242 g/mol. The third kappa shape index (κ3) is 3.54. The van der Waals surface area contributed by atoms with E-state index in [0.717, 1.165) is 31.5 Å². The van der Waals surface area contributed by atoms with E-state index in [1.165, 1.54) is 19.3 Å². The Labute approximate surface area is 114 Å². The Hall–Kier alpha value is -0.940. The zero-order valence-corrected chi connectivity index (χ0v) is 12.0. The van der Waals surface area contributed by atoms with Crippen LogP contribution in [0.15, 0.2) is 4.52 Å². The molecule has 1 fully saturated rings. The monoisotopic (exact) mass is 267 g/mol. The van der Waals surface area contributed by atoms with Crippen molar-refractivity contribution >= 4 is 0 Å². The number of nitrogens with two attached hydrogens (primary N) is 1. The van der Waals surface area contributed by atoms with Gasteiger partial charge in [-0.05, 0) is 33.1 Å². The second kappa shape index (κ2) is 6.48. The van der Waals surface area contributed by atoms with Crippen molar-refractivity contribution in [1.29, 1.82) is 0 Å². The molecule has 0 bridgehead atoms. The van der Waals surface area contributed by atoms with Crippen molar-refractivity contribution in [1.82, 2.24) is 10.1 Å². The summed E-state index contributed by atoms with van der Waals surface area (Å²) in [4.78, 5) is 4.54. The van der Waals surface area contributed by atoms with Gasteiger partial charge >= 0.3 is 0 Å². The Morgan fingerprint density at radius 1 is 1.37 bits per heavy atom. The van der Waals surface area contributed by atoms with Gasteiger partial charge in [-0.1, -0.05) is 24.4 Å². The smallest absolute Gasteiger partial charge is 0.226 e. The van der Waals surface area contributed by atoms with Gasteiger partial charge in [0.2, 0.25) is 11.7 Å². The van der Waals surface area contributed by atoms with Gasteiger partial charge in [0.1, 0.15) is 5.60 Å². The van der Waals surface area contributed by atoms with E-state index in [4.69, 9.17) is 15.0 Å². The number of ether oxygens (including phenoxy) is 1. The SMILES string of the molecule is CCOC1(c2noc(CCC(C)N)n2)CCCCC1. The fourth-order valence-electron chi connectivity index (χ4n) is 2.72. The molecule has 1 aliphatic rings. The predicted molar refractivity (Wildman–Crippen MR) is 72.7 cm³/mol. The number of hydrogen-bond donors (Lipinski definition) is 1. The molecule has 0 radical (unpaired) electrons. The molecule has 2 rings (SSSR count). The molecule has 5 heteroatoms. The highest BCUT2D eigenvalue weighted by Crippen LogP contribution is 2.39. The summed E-state index contributed by atoms with van der Waals surface area (Å²) in [6.07, 6.45) is 7.20. The van der Waals surface area contributed by atoms with Gasteiger partial charge in [0.25, 0.3) is 0 Å². The predicted octanol–water partition coefficient (Wildman–Crippen LogP) is 2.55. The molecule has 1 saturated carbocycles. The zero-order valence-electron chi connectivity index (χ0n) is 12.0. The Morgan fingerprint density at radius 3 is 2.74 bits per heavy atom. The number of hydrogen-bond acceptors (Lipinski definition) is 5. The van der Waals surface area contributed by atoms with E-state index in [1.807, 2.05) is 13.8 Å². The lowest BCUT2D eigenvalue weighted by Crippen LogP contribution is -2.33. The maximum Gasteiger partial charge on any atom is 0.226 e. The molecule has 19 heavy (non-hydrogen) atoms. The van der Waals surface area contributed by atoms with Crippen LogP contribution in [-0.4, -0.2) is 22.8 Å². The van der Waals surface area contributed by atoms with Crippen LogP contribution in [0.25, 0.3) is 0 Å². The molecule has 0 amide bonds. The molecular formula is C14H25N3O2. The van der Waals surface area contributed by atoms with Gasteiger partial charge in [0, 0.05) is 19.1 Å². The normalized spacial score (nSPS) is 20.4. The van der Waals surface area contributed by atoms with E-state index in [1.54, 1.807) is 0 Å². The molecule has 1 heterocycles. The summed E-state index contributed by atoms with van der Waals surface area (Å²) in [7, 11) is 0. The van der Waals surface area contributed by atoms with Crippen molar-refractivity contribution < 1.29 is 9.26 Å². The van der Waals surface area contributed by atoms with Gasteiger partial charge < -0.3 is 15.0 Å². The maximum absolute atomic E-state index is 5.99. The molecule has 1 aromatic rings. The summed E-state index contributed by atoms with van der Waals surface area (Å²) in [6, 6.07) is 0.158. The van der Waals surface area contributed by atoms with Crippen LogP contribution in [0.3, 0.4) is 0 Å². The molecule has 2 N–H and O–H groups in total. The van der Waals surface area contributed by atoms with Crippen molar-refractivity contribution in [3.63, 3.8) is 0 Å². The molecule has 1 atom stereocenters. The molecule has 1 aliphatic carbocycles. The number of nitrogens with zero attached hydrogens (tertiary/aromatic N) is 2. The standard InChI is InChI=1S/C14H25N3O2/c1-3-18-14(9-5-4-6-10-14)13-16-12(19-17-13)8-7-11(2)15/h11H,3-10,15H2,1-2H3. The fourth-order valence-corrected chi connectivity index (χ4v) is 2.72. The first-order chi connectivity index (χ1) is 9.16. The largest absolute Gasteiger partial charge is 0.367 e. The lowest BCUT2D eigenvalue weighted by atomic mass is 9.84. The lowest BCUT2D eigenvalue weighted by molar-refractivity contribution is -0.0777. The molecule has 0 spiro atoms. The molecule has 1 unspecified atom stereocenters. The number of rotatable bonds is 6. The molecule has 0 aliphatic heterocycles. The van der Waals surface area contributed by atoms with Crippen LogP contribution in [-0.2, 0) is 16.8 Å². The Morgan fingerprint density at radius 2 is 2.11 bits per heavy atom. The van der Waals surface area contributed by atoms with Crippen LogP contribution >= 0.6 is 0 Å². The number of aromatic nitrogens is 2. The summed E-state index contributed by atoms with van der Waals surface area (Å²) in [5.41, 5.74) is 5.43. The van der Waals surface area contributed by atoms with Crippen LogP contribution in [0, 0.1) is 0 Å². The lowest BCUT2D eigenvalue weighted by Gasteiger charge is -2.33. The van der Waals surface area contributed by atoms with Crippen LogP contribution < -0.4 is 5.73 Å². The molecule has 108 valence electrons. The molecule has 0 saturated heterocycles. The third-order valence-corrected chi connectivity index (χ3v) is 3.77. The van der Waals surface area contributed by atoms with E-state index in [-0.39, 0.29) is 11.6 Å². The van der Waals surface area contributed by atoms with Gasteiger partial charge in [-0.25, -0.2) is 0 Å². The van der Waals surface area contributed by atoms with Crippen LogP contribution in [0.2, 0.25) is 0 Å². The van der Waals surface area contributed by atoms with E-state index < -0.39 is 0 Å². The Bertz CT molecular complexity index is 378. The minimum Gasteiger partial charge on any atom is -0.367 e. The average molecular weight is 267 g/mol. The first-order valence-electron chi connectivity index (χ1n) is 7.39. The van der Waals surface area contributed by atoms with Crippen molar-refractivity contribution in [2.24, 2.45) is 5.73 Å². The summed E-state index contributed by atoms with van der Waals surface area (Å²) in [5.74, 6) is 1.41. The third-order valence-electron chi connectivity index (χ3n) is 3.77. The van der Waals surface area contributed by atoms with Crippen molar-refractivity contribution in [2.75, 3.05) is 6.61 Å². The Balaban J connectivity index is 2.09. The Kier molecular flexibility index (Phi) is 4.93. The van der Waals surface area contributed by atoms with Crippen LogP contribution in [0.4, 0.5) is 0 Å². The second-order valence-corrected chi connectivity index (χ2v) is 5.52.